The molecule has 0 saturated carbocycles. The fraction of sp³-hybridized carbons (Fsp3) is 0.800. The molecule has 10 heavy (non-hydrogen) atoms. The summed E-state index contributed by atoms with van der Waals surface area (Å²) >= 11 is 0. The smallest absolute Gasteiger partial charge is 0.550 e. The molecule has 1 N–H and O–H groups in total. The third-order valence-corrected chi connectivity index (χ3v) is 0.289. The van der Waals surface area contributed by atoms with E-state index in [-0.39, 0.29) is 48.4 Å². The number of carbonyl (C=O) groups excluding carboxylic acids is 1. The molecule has 0 aromatic carbocycles. The fourth-order valence-electron chi connectivity index (χ4n) is 0. The zero-order valence-electron chi connectivity index (χ0n) is 6.93. The Hall–Kier alpha value is 0.720. The molecule has 0 amide bonds. The third-order valence-electron chi connectivity index (χ3n) is 0.289. The summed E-state index contributed by atoms with van der Waals surface area (Å²) in [5, 5.41) is 12.0. The van der Waals surface area contributed by atoms with E-state index >= 15 is 0 Å². The molecule has 0 atom stereocenters. The molecule has 3 nitrogen and oxygen atoms in total. The van der Waals surface area contributed by atoms with Crippen molar-refractivity contribution in [1.82, 2.24) is 5.32 Å². The number of carboxylic acids is 1. The second kappa shape index (κ2) is 22.6. The van der Waals surface area contributed by atoms with E-state index in [1.807, 2.05) is 14.1 Å². The van der Waals surface area contributed by atoms with Crippen molar-refractivity contribution in [3.05, 3.63) is 0 Å². The van der Waals surface area contributed by atoms with Crippen LogP contribution in [0.4, 0.5) is 0 Å². The van der Waals surface area contributed by atoms with Crippen LogP contribution in [0.1, 0.15) is 13.3 Å². The van der Waals surface area contributed by atoms with Crippen molar-refractivity contribution < 1.29 is 39.5 Å². The van der Waals surface area contributed by atoms with Gasteiger partial charge in [-0.3, -0.25) is 0 Å². The Balaban J connectivity index is -0.0000000326. The van der Waals surface area contributed by atoms with Crippen LogP contribution in [0.2, 0.25) is 0 Å². The van der Waals surface area contributed by atoms with Crippen molar-refractivity contribution in [3.63, 3.8) is 0 Å². The van der Waals surface area contributed by atoms with Gasteiger partial charge in [-0.05, 0) is 20.5 Å². The molecule has 0 aliphatic carbocycles. The maximum Gasteiger partial charge on any atom is 1.00 e. The average Bonchev–Trinajstić information content (AvgIpc) is 1.69. The Morgan fingerprint density at radius 1 is 1.50 bits per heavy atom. The fourth-order valence-corrected chi connectivity index (χ4v) is 0. The van der Waals surface area contributed by atoms with Crippen molar-refractivity contribution in [2.45, 2.75) is 13.3 Å². The zero-order chi connectivity index (χ0) is 6.99. The molecule has 0 aliphatic heterocycles. The standard InChI is InChI=1S/C3H6O2.C2H7N.ClH.Na/c1-2-3(4)5;1-3-2;;/h2H2,1H3,(H,4,5);3H,1-2H3;1H;/q;;;+1/p-1. The van der Waals surface area contributed by atoms with Crippen molar-refractivity contribution in [2.24, 2.45) is 0 Å². The van der Waals surface area contributed by atoms with Crippen LogP contribution >= 0.6 is 12.4 Å². The second-order valence-corrected chi connectivity index (χ2v) is 1.23. The van der Waals surface area contributed by atoms with Crippen LogP contribution in [-0.2, 0) is 4.79 Å². The van der Waals surface area contributed by atoms with Crippen LogP contribution in [0.5, 0.6) is 0 Å². The van der Waals surface area contributed by atoms with E-state index in [9.17, 15) is 9.90 Å². The van der Waals surface area contributed by atoms with Crippen molar-refractivity contribution >= 4 is 18.4 Å². The van der Waals surface area contributed by atoms with Gasteiger partial charge in [-0.25, -0.2) is 0 Å². The van der Waals surface area contributed by atoms with Gasteiger partial charge < -0.3 is 15.2 Å². The first-order valence-electron chi connectivity index (χ1n) is 2.47. The van der Waals surface area contributed by atoms with E-state index < -0.39 is 5.97 Å². The molecule has 0 aromatic rings. The molecular formula is C5H13ClNNaO2. The van der Waals surface area contributed by atoms with Gasteiger partial charge in [0.2, 0.25) is 0 Å². The van der Waals surface area contributed by atoms with Gasteiger partial charge in [0, 0.05) is 5.97 Å². The molecule has 0 rings (SSSR count). The van der Waals surface area contributed by atoms with Crippen molar-refractivity contribution in [2.75, 3.05) is 14.1 Å². The largest absolute Gasteiger partial charge is 1.00 e. The molecule has 0 unspecified atom stereocenters. The van der Waals surface area contributed by atoms with E-state index in [1.54, 1.807) is 0 Å². The Kier molecular flexibility index (Phi) is 50.7. The van der Waals surface area contributed by atoms with Crippen LogP contribution in [0.3, 0.4) is 0 Å². The second-order valence-electron chi connectivity index (χ2n) is 1.23. The van der Waals surface area contributed by atoms with Crippen LogP contribution in [0.15, 0.2) is 0 Å². The summed E-state index contributed by atoms with van der Waals surface area (Å²) in [6.45, 7) is 1.54. The van der Waals surface area contributed by atoms with E-state index in [4.69, 9.17) is 0 Å². The molecule has 0 radical (unpaired) electrons. The first kappa shape index (κ1) is 22.4. The van der Waals surface area contributed by atoms with Gasteiger partial charge in [-0.15, -0.1) is 12.4 Å². The van der Waals surface area contributed by atoms with Gasteiger partial charge >= 0.3 is 29.6 Å². The van der Waals surface area contributed by atoms with Crippen LogP contribution in [-0.4, -0.2) is 20.1 Å². The minimum Gasteiger partial charge on any atom is -0.550 e. The maximum atomic E-state index is 9.26. The van der Waals surface area contributed by atoms with Crippen molar-refractivity contribution in [1.29, 1.82) is 0 Å². The molecular weight excluding hydrogens is 165 g/mol. The number of hydrogen-bond donors (Lipinski definition) is 1. The average molecular weight is 178 g/mol. The molecule has 0 spiro atoms. The van der Waals surface area contributed by atoms with Crippen LogP contribution < -0.4 is 40.0 Å². The molecule has 0 aliphatic rings. The van der Waals surface area contributed by atoms with Crippen molar-refractivity contribution in [3.8, 4) is 0 Å². The van der Waals surface area contributed by atoms with Gasteiger partial charge in [0.25, 0.3) is 0 Å². The number of rotatable bonds is 1. The predicted octanol–water partition coefficient (Wildman–Crippen LogP) is -3.59. The van der Waals surface area contributed by atoms with E-state index in [2.05, 4.69) is 5.32 Å². The number of carbonyl (C=O) groups is 1. The Bertz CT molecular complexity index is 63.6. The first-order valence-corrected chi connectivity index (χ1v) is 2.47. The van der Waals surface area contributed by atoms with Gasteiger partial charge in [0.05, 0.1) is 0 Å². The number of halogens is 1. The molecule has 0 bridgehead atoms. The zero-order valence-corrected chi connectivity index (χ0v) is 9.75. The number of nitrogens with one attached hydrogen (secondary N) is 1. The molecule has 0 saturated heterocycles. The van der Waals surface area contributed by atoms with E-state index in [0.29, 0.717) is 0 Å². The third kappa shape index (κ3) is 70.2. The molecule has 5 heteroatoms. The minimum atomic E-state index is -0.995. The number of carboxylic acid groups (broad SMARTS) is 1. The molecule has 0 heterocycles. The molecule has 0 fully saturated rings. The first-order chi connectivity index (χ1) is 3.68. The summed E-state index contributed by atoms with van der Waals surface area (Å²) in [5.41, 5.74) is 0. The summed E-state index contributed by atoms with van der Waals surface area (Å²) in [6.07, 6.45) is 0.111. The minimum absolute atomic E-state index is 0. The van der Waals surface area contributed by atoms with Gasteiger partial charge in [0.1, 0.15) is 0 Å². The SMILES string of the molecule is CCC(=O)[O-].CNC.Cl.[Na+]. The Morgan fingerprint density at radius 3 is 1.60 bits per heavy atom. The summed E-state index contributed by atoms with van der Waals surface area (Å²) in [6, 6.07) is 0. The van der Waals surface area contributed by atoms with Crippen LogP contribution in [0, 0.1) is 0 Å². The summed E-state index contributed by atoms with van der Waals surface area (Å²) in [5.74, 6) is -0.995. The van der Waals surface area contributed by atoms with Gasteiger partial charge in [0.15, 0.2) is 0 Å². The Labute approximate surface area is 90.3 Å². The van der Waals surface area contributed by atoms with Gasteiger partial charge in [-0.1, -0.05) is 6.92 Å². The summed E-state index contributed by atoms with van der Waals surface area (Å²) < 4.78 is 0. The number of hydrogen-bond acceptors (Lipinski definition) is 3. The maximum absolute atomic E-state index is 9.26. The van der Waals surface area contributed by atoms with Gasteiger partial charge in [-0.2, -0.15) is 0 Å². The normalized spacial score (nSPS) is 5.50. The molecule has 58 valence electrons. The Morgan fingerprint density at radius 2 is 1.60 bits per heavy atom. The van der Waals surface area contributed by atoms with Crippen LogP contribution in [0.25, 0.3) is 0 Å². The quantitative estimate of drug-likeness (QED) is 0.422. The topological polar surface area (TPSA) is 52.2 Å². The summed E-state index contributed by atoms with van der Waals surface area (Å²) in [7, 11) is 3.75. The predicted molar refractivity (Wildman–Crippen MR) is 37.5 cm³/mol. The molecule has 0 aromatic heterocycles. The van der Waals surface area contributed by atoms with E-state index in [0.717, 1.165) is 0 Å². The monoisotopic (exact) mass is 177 g/mol. The van der Waals surface area contributed by atoms with E-state index in [1.165, 1.54) is 6.92 Å². The number of aliphatic carboxylic acids is 1. The summed E-state index contributed by atoms with van der Waals surface area (Å²) in [4.78, 5) is 9.26.